The van der Waals surface area contributed by atoms with Gasteiger partial charge in [0.15, 0.2) is 0 Å². The summed E-state index contributed by atoms with van der Waals surface area (Å²) < 4.78 is 0. The Labute approximate surface area is 146 Å². The molecule has 25 heavy (non-hydrogen) atoms. The van der Waals surface area contributed by atoms with Gasteiger partial charge in [-0.3, -0.25) is 14.5 Å². The number of amides is 4. The van der Waals surface area contributed by atoms with Crippen molar-refractivity contribution in [2.45, 2.75) is 51.0 Å². The SMILES string of the molecule is Cc1ccc(NC(=O)CCCN2C(=O)NC3(CCCC3)C2=O)c(O)c1. The van der Waals surface area contributed by atoms with Gasteiger partial charge in [-0.15, -0.1) is 0 Å². The number of imide groups is 1. The van der Waals surface area contributed by atoms with Gasteiger partial charge >= 0.3 is 6.03 Å². The molecule has 7 heteroatoms. The van der Waals surface area contributed by atoms with Crippen molar-refractivity contribution in [3.63, 3.8) is 0 Å². The topological polar surface area (TPSA) is 98.7 Å². The average molecular weight is 345 g/mol. The lowest BCUT2D eigenvalue weighted by Crippen LogP contribution is -2.44. The third-order valence-electron chi connectivity index (χ3n) is 4.92. The molecule has 7 nitrogen and oxygen atoms in total. The maximum absolute atomic E-state index is 12.5. The Morgan fingerprint density at radius 2 is 2.04 bits per heavy atom. The summed E-state index contributed by atoms with van der Waals surface area (Å²) in [4.78, 5) is 37.8. The zero-order valence-electron chi connectivity index (χ0n) is 14.3. The number of hydrogen-bond donors (Lipinski definition) is 3. The summed E-state index contributed by atoms with van der Waals surface area (Å²) >= 11 is 0. The minimum Gasteiger partial charge on any atom is -0.506 e. The van der Waals surface area contributed by atoms with Gasteiger partial charge < -0.3 is 15.7 Å². The van der Waals surface area contributed by atoms with E-state index < -0.39 is 5.54 Å². The Morgan fingerprint density at radius 3 is 2.72 bits per heavy atom. The van der Waals surface area contributed by atoms with E-state index in [1.54, 1.807) is 18.2 Å². The molecule has 1 heterocycles. The fraction of sp³-hybridized carbons (Fsp3) is 0.500. The van der Waals surface area contributed by atoms with E-state index in [9.17, 15) is 19.5 Å². The Balaban J connectivity index is 1.50. The van der Waals surface area contributed by atoms with Crippen LogP contribution in [-0.2, 0) is 9.59 Å². The Kier molecular flexibility index (Phi) is 4.65. The van der Waals surface area contributed by atoms with Crippen LogP contribution in [-0.4, -0.2) is 39.9 Å². The first-order chi connectivity index (χ1) is 11.9. The summed E-state index contributed by atoms with van der Waals surface area (Å²) in [7, 11) is 0. The maximum atomic E-state index is 12.5. The molecular formula is C18H23N3O4. The molecule has 1 saturated carbocycles. The fourth-order valence-electron chi connectivity index (χ4n) is 3.55. The van der Waals surface area contributed by atoms with Gasteiger partial charge in [0.2, 0.25) is 5.91 Å². The molecule has 1 aliphatic heterocycles. The highest BCUT2D eigenvalue weighted by Crippen LogP contribution is 2.35. The van der Waals surface area contributed by atoms with Gasteiger partial charge in [0.25, 0.3) is 5.91 Å². The highest BCUT2D eigenvalue weighted by molar-refractivity contribution is 6.07. The number of aromatic hydroxyl groups is 1. The quantitative estimate of drug-likeness (QED) is 0.563. The zero-order chi connectivity index (χ0) is 18.0. The standard InChI is InChI=1S/C18H23N3O4/c1-12-6-7-13(14(22)11-12)19-15(23)5-4-10-21-16(24)18(20-17(21)25)8-2-3-9-18/h6-7,11,22H,2-5,8-10H2,1H3,(H,19,23)(H,20,25). The first-order valence-corrected chi connectivity index (χ1v) is 8.65. The van der Waals surface area contributed by atoms with Gasteiger partial charge in [0.1, 0.15) is 11.3 Å². The van der Waals surface area contributed by atoms with Crippen molar-refractivity contribution in [1.29, 1.82) is 0 Å². The van der Waals surface area contributed by atoms with Crippen molar-refractivity contribution in [3.05, 3.63) is 23.8 Å². The molecule has 134 valence electrons. The highest BCUT2D eigenvalue weighted by Gasteiger charge is 2.51. The molecule has 0 atom stereocenters. The molecule has 1 aliphatic carbocycles. The number of anilines is 1. The number of hydrogen-bond acceptors (Lipinski definition) is 4. The van der Waals surface area contributed by atoms with E-state index in [2.05, 4.69) is 10.6 Å². The molecule has 0 radical (unpaired) electrons. The number of urea groups is 1. The van der Waals surface area contributed by atoms with Crippen molar-refractivity contribution in [2.75, 3.05) is 11.9 Å². The van der Waals surface area contributed by atoms with E-state index in [4.69, 9.17) is 0 Å². The molecule has 0 bridgehead atoms. The van der Waals surface area contributed by atoms with Crippen LogP contribution in [0.3, 0.4) is 0 Å². The smallest absolute Gasteiger partial charge is 0.325 e. The number of rotatable bonds is 5. The lowest BCUT2D eigenvalue weighted by Gasteiger charge is -2.19. The molecule has 1 saturated heterocycles. The summed E-state index contributed by atoms with van der Waals surface area (Å²) in [6.07, 6.45) is 3.83. The predicted octanol–water partition coefficient (Wildman–Crippen LogP) is 2.28. The van der Waals surface area contributed by atoms with Crippen molar-refractivity contribution in [1.82, 2.24) is 10.2 Å². The molecule has 3 N–H and O–H groups in total. The van der Waals surface area contributed by atoms with Crippen LogP contribution >= 0.6 is 0 Å². The first-order valence-electron chi connectivity index (χ1n) is 8.65. The molecule has 1 aromatic carbocycles. The van der Waals surface area contributed by atoms with Crippen LogP contribution in [0, 0.1) is 6.92 Å². The van der Waals surface area contributed by atoms with Crippen molar-refractivity contribution >= 4 is 23.5 Å². The molecule has 1 spiro atoms. The minimum atomic E-state index is -0.701. The normalized spacial score (nSPS) is 18.7. The van der Waals surface area contributed by atoms with E-state index in [0.29, 0.717) is 24.9 Å². The molecule has 1 aromatic rings. The summed E-state index contributed by atoms with van der Waals surface area (Å²) in [5.74, 6) is -0.404. The molecule has 0 aromatic heterocycles. The van der Waals surface area contributed by atoms with Crippen LogP contribution in [0.15, 0.2) is 18.2 Å². The second-order valence-corrected chi connectivity index (χ2v) is 6.85. The molecule has 2 aliphatic rings. The lowest BCUT2D eigenvalue weighted by atomic mass is 9.98. The number of phenolic OH excluding ortho intramolecular Hbond substituents is 1. The van der Waals surface area contributed by atoms with E-state index in [1.807, 2.05) is 6.92 Å². The van der Waals surface area contributed by atoms with Crippen molar-refractivity contribution in [2.24, 2.45) is 0 Å². The molecule has 4 amide bonds. The number of carbonyl (C=O) groups is 3. The largest absolute Gasteiger partial charge is 0.506 e. The van der Waals surface area contributed by atoms with Crippen LogP contribution in [0.4, 0.5) is 10.5 Å². The zero-order valence-corrected chi connectivity index (χ0v) is 14.3. The van der Waals surface area contributed by atoms with Crippen LogP contribution in [0.1, 0.15) is 44.1 Å². The van der Waals surface area contributed by atoms with Crippen LogP contribution in [0.5, 0.6) is 5.75 Å². The van der Waals surface area contributed by atoms with Crippen LogP contribution in [0.25, 0.3) is 0 Å². The predicted molar refractivity (Wildman–Crippen MR) is 92.2 cm³/mol. The first kappa shape index (κ1) is 17.3. The van der Waals surface area contributed by atoms with Crippen LogP contribution < -0.4 is 10.6 Å². The Hall–Kier alpha value is -2.57. The van der Waals surface area contributed by atoms with E-state index in [0.717, 1.165) is 18.4 Å². The Bertz CT molecular complexity index is 710. The van der Waals surface area contributed by atoms with Gasteiger partial charge in [-0.1, -0.05) is 18.9 Å². The van der Waals surface area contributed by atoms with Crippen molar-refractivity contribution < 1.29 is 19.5 Å². The molecule has 3 rings (SSSR count). The number of carbonyl (C=O) groups excluding carboxylic acids is 3. The number of phenols is 1. The van der Waals surface area contributed by atoms with Crippen LogP contribution in [0.2, 0.25) is 0 Å². The molecule has 0 unspecified atom stereocenters. The van der Waals surface area contributed by atoms with Gasteiger partial charge in [-0.05, 0) is 43.9 Å². The number of nitrogens with one attached hydrogen (secondary N) is 2. The van der Waals surface area contributed by atoms with Crippen molar-refractivity contribution in [3.8, 4) is 5.75 Å². The molecule has 2 fully saturated rings. The summed E-state index contributed by atoms with van der Waals surface area (Å²) in [5.41, 5.74) is 0.554. The Morgan fingerprint density at radius 1 is 1.32 bits per heavy atom. The van der Waals surface area contributed by atoms with E-state index in [1.165, 1.54) is 4.90 Å². The maximum Gasteiger partial charge on any atom is 0.325 e. The van der Waals surface area contributed by atoms with Gasteiger partial charge in [-0.2, -0.15) is 0 Å². The second-order valence-electron chi connectivity index (χ2n) is 6.85. The van der Waals surface area contributed by atoms with E-state index >= 15 is 0 Å². The second kappa shape index (κ2) is 6.74. The van der Waals surface area contributed by atoms with E-state index in [-0.39, 0.29) is 36.6 Å². The lowest BCUT2D eigenvalue weighted by molar-refractivity contribution is -0.131. The fourth-order valence-corrected chi connectivity index (χ4v) is 3.55. The van der Waals surface area contributed by atoms with Gasteiger partial charge in [0.05, 0.1) is 5.69 Å². The average Bonchev–Trinajstić information content (AvgIpc) is 3.11. The monoisotopic (exact) mass is 345 g/mol. The van der Waals surface area contributed by atoms with Gasteiger partial charge in [-0.25, -0.2) is 4.79 Å². The minimum absolute atomic E-state index is 0.0191. The summed E-state index contributed by atoms with van der Waals surface area (Å²) in [5, 5.41) is 15.3. The third kappa shape index (κ3) is 3.45. The number of aryl methyl sites for hydroxylation is 1. The summed E-state index contributed by atoms with van der Waals surface area (Å²) in [6.45, 7) is 2.07. The third-order valence-corrected chi connectivity index (χ3v) is 4.92. The highest BCUT2D eigenvalue weighted by atomic mass is 16.3. The van der Waals surface area contributed by atoms with Gasteiger partial charge in [0, 0.05) is 13.0 Å². The number of nitrogens with zero attached hydrogens (tertiary/aromatic N) is 1. The molecular weight excluding hydrogens is 322 g/mol. The summed E-state index contributed by atoms with van der Waals surface area (Å²) in [6, 6.07) is 4.65. The number of benzene rings is 1.